The van der Waals surface area contributed by atoms with Crippen molar-refractivity contribution in [3.63, 3.8) is 0 Å². The van der Waals surface area contributed by atoms with E-state index in [0.717, 1.165) is 19.3 Å². The summed E-state index contributed by atoms with van der Waals surface area (Å²) in [4.78, 5) is 0.184. The molecule has 100 valence electrons. The number of benzene rings is 1. The highest BCUT2D eigenvalue weighted by molar-refractivity contribution is 7.89. The number of piperidine rings is 1. The zero-order valence-corrected chi connectivity index (χ0v) is 11.8. The third-order valence-corrected chi connectivity index (χ3v) is 6.25. The Morgan fingerprint density at radius 2 is 2.16 bits per heavy atom. The molecule has 1 aromatic rings. The van der Waals surface area contributed by atoms with E-state index < -0.39 is 10.0 Å². The predicted octanol–water partition coefficient (Wildman–Crippen LogP) is 2.38. The summed E-state index contributed by atoms with van der Waals surface area (Å²) in [7, 11) is -3.48. The van der Waals surface area contributed by atoms with E-state index in [9.17, 15) is 8.42 Å². The summed E-state index contributed by atoms with van der Waals surface area (Å²) >= 11 is 5.92. The number of rotatable bonds is 2. The van der Waals surface area contributed by atoms with Crippen LogP contribution in [-0.2, 0) is 10.0 Å². The first-order chi connectivity index (χ1) is 9.02. The Kier molecular flexibility index (Phi) is 3.05. The average Bonchev–Trinajstić information content (AvgIpc) is 3.01. The fourth-order valence-corrected chi connectivity index (χ4v) is 5.11. The highest BCUT2D eigenvalue weighted by Gasteiger charge is 2.44. The lowest BCUT2D eigenvalue weighted by molar-refractivity contribution is 0.333. The highest BCUT2D eigenvalue weighted by atomic mass is 35.5. The van der Waals surface area contributed by atoms with Crippen LogP contribution < -0.4 is 0 Å². The van der Waals surface area contributed by atoms with Gasteiger partial charge in [0, 0.05) is 12.6 Å². The molecule has 1 aliphatic carbocycles. The zero-order chi connectivity index (χ0) is 13.6. The second-order valence-electron chi connectivity index (χ2n) is 5.16. The van der Waals surface area contributed by atoms with Crippen LogP contribution in [0.4, 0.5) is 0 Å². The van der Waals surface area contributed by atoms with Crippen molar-refractivity contribution in [1.29, 1.82) is 5.26 Å². The number of fused-ring (bicyclic) bond motifs is 2. The van der Waals surface area contributed by atoms with E-state index in [1.54, 1.807) is 4.31 Å². The molecule has 0 radical (unpaired) electrons. The number of nitrogens with zero attached hydrogens (tertiary/aromatic N) is 2. The summed E-state index contributed by atoms with van der Waals surface area (Å²) in [6, 6.07) is 6.38. The first-order valence-corrected chi connectivity index (χ1v) is 8.05. The number of hydrogen-bond donors (Lipinski definition) is 0. The molecule has 4 nitrogen and oxygen atoms in total. The molecule has 19 heavy (non-hydrogen) atoms. The third kappa shape index (κ3) is 2.04. The maximum absolute atomic E-state index is 12.6. The Labute approximate surface area is 117 Å². The van der Waals surface area contributed by atoms with Gasteiger partial charge in [-0.05, 0) is 43.4 Å². The topological polar surface area (TPSA) is 61.2 Å². The van der Waals surface area contributed by atoms with Gasteiger partial charge in [-0.2, -0.15) is 9.57 Å². The average molecular weight is 297 g/mol. The van der Waals surface area contributed by atoms with Gasteiger partial charge in [0.1, 0.15) is 6.07 Å². The van der Waals surface area contributed by atoms with Gasteiger partial charge in [-0.3, -0.25) is 0 Å². The van der Waals surface area contributed by atoms with Crippen molar-refractivity contribution in [3.05, 3.63) is 28.8 Å². The van der Waals surface area contributed by atoms with Gasteiger partial charge in [-0.1, -0.05) is 11.6 Å². The standard InChI is InChI=1S/C13H13ClN2O2S/c14-13-6-12(4-2-10(13)7-15)19(17,18)16-8-9-1-3-11(16)5-9/h2,4,6,9,11H,1,3,5,8H2. The van der Waals surface area contributed by atoms with Gasteiger partial charge in [0.2, 0.25) is 10.0 Å². The smallest absolute Gasteiger partial charge is 0.207 e. The van der Waals surface area contributed by atoms with Crippen LogP contribution in [-0.4, -0.2) is 25.3 Å². The lowest BCUT2D eigenvalue weighted by atomic mass is 10.1. The van der Waals surface area contributed by atoms with Crippen LogP contribution in [0, 0.1) is 17.2 Å². The highest BCUT2D eigenvalue weighted by Crippen LogP contribution is 2.40. The van der Waals surface area contributed by atoms with Gasteiger partial charge in [-0.25, -0.2) is 8.42 Å². The van der Waals surface area contributed by atoms with E-state index in [2.05, 4.69) is 0 Å². The van der Waals surface area contributed by atoms with Crippen molar-refractivity contribution >= 4 is 21.6 Å². The molecule has 6 heteroatoms. The predicted molar refractivity (Wildman–Crippen MR) is 71.2 cm³/mol. The summed E-state index contributed by atoms with van der Waals surface area (Å²) in [6.07, 6.45) is 3.06. The van der Waals surface area contributed by atoms with Crippen molar-refractivity contribution < 1.29 is 8.42 Å². The van der Waals surface area contributed by atoms with Crippen LogP contribution in [0.1, 0.15) is 24.8 Å². The Bertz CT molecular complexity index is 666. The minimum Gasteiger partial charge on any atom is -0.207 e. The third-order valence-electron chi connectivity index (χ3n) is 4.03. The number of nitriles is 1. The maximum Gasteiger partial charge on any atom is 0.243 e. The molecule has 1 saturated carbocycles. The number of hydrogen-bond acceptors (Lipinski definition) is 3. The monoisotopic (exact) mass is 296 g/mol. The molecule has 1 aliphatic heterocycles. The van der Waals surface area contributed by atoms with Crippen molar-refractivity contribution in [3.8, 4) is 6.07 Å². The first kappa shape index (κ1) is 12.9. The molecule has 1 heterocycles. The lowest BCUT2D eigenvalue weighted by Crippen LogP contribution is -2.37. The molecule has 2 bridgehead atoms. The zero-order valence-electron chi connectivity index (χ0n) is 10.2. The van der Waals surface area contributed by atoms with Crippen LogP contribution in [0.5, 0.6) is 0 Å². The summed E-state index contributed by atoms with van der Waals surface area (Å²) in [6.45, 7) is 0.616. The van der Waals surface area contributed by atoms with Gasteiger partial charge < -0.3 is 0 Å². The van der Waals surface area contributed by atoms with Gasteiger partial charge >= 0.3 is 0 Å². The van der Waals surface area contributed by atoms with Crippen LogP contribution in [0.3, 0.4) is 0 Å². The molecule has 0 N–H and O–H groups in total. The molecule has 1 aromatic carbocycles. The van der Waals surface area contributed by atoms with Crippen molar-refractivity contribution in [2.24, 2.45) is 5.92 Å². The van der Waals surface area contributed by atoms with Crippen LogP contribution >= 0.6 is 11.6 Å². The van der Waals surface area contributed by atoms with Crippen molar-refractivity contribution in [1.82, 2.24) is 4.31 Å². The molecule has 2 aliphatic rings. The second-order valence-corrected chi connectivity index (χ2v) is 7.46. The first-order valence-electron chi connectivity index (χ1n) is 6.24. The van der Waals surface area contributed by atoms with E-state index in [1.165, 1.54) is 18.2 Å². The van der Waals surface area contributed by atoms with E-state index in [4.69, 9.17) is 16.9 Å². The van der Waals surface area contributed by atoms with Gasteiger partial charge in [0.25, 0.3) is 0 Å². The molecule has 2 unspecified atom stereocenters. The summed E-state index contributed by atoms with van der Waals surface area (Å²) in [5, 5.41) is 9.00. The maximum atomic E-state index is 12.6. The molecule has 0 amide bonds. The second kappa shape index (κ2) is 4.48. The molecular formula is C13H13ClN2O2S. The fourth-order valence-electron chi connectivity index (χ4n) is 3.06. The minimum absolute atomic E-state index is 0.143. The normalized spacial score (nSPS) is 26.5. The largest absolute Gasteiger partial charge is 0.243 e. The van der Waals surface area contributed by atoms with Crippen LogP contribution in [0.2, 0.25) is 5.02 Å². The van der Waals surface area contributed by atoms with E-state index in [1.807, 2.05) is 6.07 Å². The summed E-state index contributed by atoms with van der Waals surface area (Å²) in [5.74, 6) is 0.508. The lowest BCUT2D eigenvalue weighted by Gasteiger charge is -2.26. The van der Waals surface area contributed by atoms with Crippen molar-refractivity contribution in [2.75, 3.05) is 6.54 Å². The molecule has 0 aromatic heterocycles. The molecule has 0 spiro atoms. The Morgan fingerprint density at radius 3 is 2.68 bits per heavy atom. The number of sulfonamides is 1. The Balaban J connectivity index is 1.97. The molecule has 3 rings (SSSR count). The minimum atomic E-state index is -3.48. The van der Waals surface area contributed by atoms with E-state index in [-0.39, 0.29) is 16.0 Å². The van der Waals surface area contributed by atoms with Crippen molar-refractivity contribution in [2.45, 2.75) is 30.2 Å². The van der Waals surface area contributed by atoms with E-state index >= 15 is 0 Å². The van der Waals surface area contributed by atoms with Gasteiger partial charge in [0.05, 0.1) is 15.5 Å². The molecule has 2 fully saturated rings. The van der Waals surface area contributed by atoms with Gasteiger partial charge in [0.15, 0.2) is 0 Å². The molecule has 1 saturated heterocycles. The fraction of sp³-hybridized carbons (Fsp3) is 0.462. The summed E-state index contributed by atoms with van der Waals surface area (Å²) < 4.78 is 26.7. The molecular weight excluding hydrogens is 284 g/mol. The SMILES string of the molecule is N#Cc1ccc(S(=O)(=O)N2CC3CCC2C3)cc1Cl. The van der Waals surface area contributed by atoms with E-state index in [0.29, 0.717) is 18.0 Å². The Morgan fingerprint density at radius 1 is 1.37 bits per heavy atom. The Hall–Kier alpha value is -1.09. The number of halogens is 1. The summed E-state index contributed by atoms with van der Waals surface area (Å²) in [5.41, 5.74) is 0.295. The van der Waals surface area contributed by atoms with Crippen LogP contribution in [0.15, 0.2) is 23.1 Å². The molecule has 2 atom stereocenters. The van der Waals surface area contributed by atoms with Crippen LogP contribution in [0.25, 0.3) is 0 Å². The van der Waals surface area contributed by atoms with Gasteiger partial charge in [-0.15, -0.1) is 0 Å². The quantitative estimate of drug-likeness (QED) is 0.842.